The number of nitrogens with zero attached hydrogens (tertiary/aromatic N) is 2. The Morgan fingerprint density at radius 1 is 1.10 bits per heavy atom. The second kappa shape index (κ2) is 4.05. The summed E-state index contributed by atoms with van der Waals surface area (Å²) in [4.78, 5) is 5.41. The zero-order valence-corrected chi connectivity index (χ0v) is 11.1. The molecule has 4 aromatic rings. The fourth-order valence-corrected chi connectivity index (χ4v) is 3.29. The lowest BCUT2D eigenvalue weighted by Gasteiger charge is -1.95. The Balaban J connectivity index is 1.93. The van der Waals surface area contributed by atoms with E-state index < -0.39 is 0 Å². The monoisotopic (exact) mass is 284 g/mol. The topological polar surface area (TPSA) is 37.5 Å². The summed E-state index contributed by atoms with van der Waals surface area (Å²) in [7, 11) is 0. The van der Waals surface area contributed by atoms with E-state index in [1.165, 1.54) is 23.5 Å². The maximum atomic E-state index is 12.9. The third-order valence-electron chi connectivity index (χ3n) is 3.22. The van der Waals surface area contributed by atoms with Crippen molar-refractivity contribution in [2.75, 3.05) is 0 Å². The van der Waals surface area contributed by atoms with Gasteiger partial charge in [0.2, 0.25) is 0 Å². The maximum absolute atomic E-state index is 12.9. The van der Waals surface area contributed by atoms with Gasteiger partial charge in [-0.05, 0) is 42.5 Å². The van der Waals surface area contributed by atoms with Gasteiger partial charge < -0.3 is 5.11 Å². The molecule has 0 aliphatic rings. The molecular weight excluding hydrogens is 275 g/mol. The summed E-state index contributed by atoms with van der Waals surface area (Å²) >= 11 is 1.51. The number of aromatic nitrogens is 2. The van der Waals surface area contributed by atoms with Crippen molar-refractivity contribution < 1.29 is 9.50 Å². The van der Waals surface area contributed by atoms with Gasteiger partial charge in [0.1, 0.15) is 11.6 Å². The first-order valence-corrected chi connectivity index (χ1v) is 6.89. The molecule has 0 fully saturated rings. The SMILES string of the molecule is Oc1ccc2c(c1)sc1nc(-c3ccc(F)cc3)cn12. The van der Waals surface area contributed by atoms with E-state index in [9.17, 15) is 9.50 Å². The van der Waals surface area contributed by atoms with E-state index in [1.54, 1.807) is 24.3 Å². The van der Waals surface area contributed by atoms with Crippen LogP contribution in [0.4, 0.5) is 4.39 Å². The second-order valence-corrected chi connectivity index (χ2v) is 5.55. The predicted octanol–water partition coefficient (Wildman–Crippen LogP) is 4.06. The van der Waals surface area contributed by atoms with Crippen molar-refractivity contribution in [1.29, 1.82) is 0 Å². The van der Waals surface area contributed by atoms with E-state index in [0.29, 0.717) is 0 Å². The van der Waals surface area contributed by atoms with Crippen LogP contribution in [-0.4, -0.2) is 14.5 Å². The van der Waals surface area contributed by atoms with Gasteiger partial charge in [-0.15, -0.1) is 0 Å². The fourth-order valence-electron chi connectivity index (χ4n) is 2.25. The first-order chi connectivity index (χ1) is 9.70. The molecule has 0 spiro atoms. The molecule has 98 valence electrons. The molecule has 0 aliphatic carbocycles. The number of hydrogen-bond acceptors (Lipinski definition) is 3. The number of phenols is 1. The number of benzene rings is 2. The number of aromatic hydroxyl groups is 1. The molecule has 0 amide bonds. The molecule has 0 atom stereocenters. The van der Waals surface area contributed by atoms with E-state index in [1.807, 2.05) is 16.7 Å². The van der Waals surface area contributed by atoms with Gasteiger partial charge >= 0.3 is 0 Å². The summed E-state index contributed by atoms with van der Waals surface area (Å²) in [6.45, 7) is 0. The summed E-state index contributed by atoms with van der Waals surface area (Å²) in [5.41, 5.74) is 2.70. The summed E-state index contributed by atoms with van der Waals surface area (Å²) in [5, 5.41) is 9.49. The van der Waals surface area contributed by atoms with Crippen molar-refractivity contribution in [1.82, 2.24) is 9.38 Å². The molecule has 0 bridgehead atoms. The van der Waals surface area contributed by atoms with Gasteiger partial charge in [0, 0.05) is 11.8 Å². The number of phenolic OH excluding ortho intramolecular Hbond substituents is 1. The molecule has 2 heterocycles. The van der Waals surface area contributed by atoms with Crippen LogP contribution >= 0.6 is 11.3 Å². The molecular formula is C15H9FN2OS. The van der Waals surface area contributed by atoms with Crippen LogP contribution in [0.3, 0.4) is 0 Å². The minimum atomic E-state index is -0.254. The van der Waals surface area contributed by atoms with Gasteiger partial charge in [-0.25, -0.2) is 9.37 Å². The normalized spacial score (nSPS) is 11.4. The molecule has 0 saturated carbocycles. The van der Waals surface area contributed by atoms with Crippen LogP contribution in [0, 0.1) is 5.82 Å². The summed E-state index contributed by atoms with van der Waals surface area (Å²) in [5.74, 6) is -0.00328. The fraction of sp³-hybridized carbons (Fsp3) is 0. The molecule has 4 rings (SSSR count). The van der Waals surface area contributed by atoms with Crippen LogP contribution in [0.25, 0.3) is 26.4 Å². The highest BCUT2D eigenvalue weighted by Gasteiger charge is 2.10. The highest BCUT2D eigenvalue weighted by atomic mass is 32.1. The van der Waals surface area contributed by atoms with Gasteiger partial charge in [-0.3, -0.25) is 4.40 Å². The van der Waals surface area contributed by atoms with E-state index in [-0.39, 0.29) is 11.6 Å². The number of hydrogen-bond donors (Lipinski definition) is 1. The number of imidazole rings is 1. The smallest absolute Gasteiger partial charge is 0.195 e. The zero-order chi connectivity index (χ0) is 13.7. The van der Waals surface area contributed by atoms with Gasteiger partial charge in [0.25, 0.3) is 0 Å². The Morgan fingerprint density at radius 2 is 1.90 bits per heavy atom. The number of halogens is 1. The summed E-state index contributed by atoms with van der Waals surface area (Å²) in [6.07, 6.45) is 1.93. The van der Waals surface area contributed by atoms with Crippen LogP contribution in [-0.2, 0) is 0 Å². The molecule has 0 saturated heterocycles. The van der Waals surface area contributed by atoms with Crippen LogP contribution in [0.2, 0.25) is 0 Å². The van der Waals surface area contributed by atoms with E-state index in [2.05, 4.69) is 4.98 Å². The van der Waals surface area contributed by atoms with Crippen LogP contribution in [0.15, 0.2) is 48.7 Å². The molecule has 0 unspecified atom stereocenters. The first kappa shape index (κ1) is 11.4. The average Bonchev–Trinajstić information content (AvgIpc) is 2.96. The van der Waals surface area contributed by atoms with Gasteiger partial charge in [0.15, 0.2) is 4.96 Å². The number of rotatable bonds is 1. The lowest BCUT2D eigenvalue weighted by atomic mass is 10.2. The Morgan fingerprint density at radius 3 is 2.70 bits per heavy atom. The average molecular weight is 284 g/mol. The zero-order valence-electron chi connectivity index (χ0n) is 10.2. The Labute approximate surface area is 117 Å². The third kappa shape index (κ3) is 1.67. The molecule has 0 radical (unpaired) electrons. The number of thiazole rings is 1. The quantitative estimate of drug-likeness (QED) is 0.572. The van der Waals surface area contributed by atoms with Crippen LogP contribution < -0.4 is 0 Å². The van der Waals surface area contributed by atoms with Crippen molar-refractivity contribution in [2.24, 2.45) is 0 Å². The van der Waals surface area contributed by atoms with Gasteiger partial charge in [-0.2, -0.15) is 0 Å². The van der Waals surface area contributed by atoms with Crippen molar-refractivity contribution in [2.45, 2.75) is 0 Å². The molecule has 1 N–H and O–H groups in total. The molecule has 2 aromatic heterocycles. The van der Waals surface area contributed by atoms with Gasteiger partial charge in [0.05, 0.1) is 15.9 Å². The largest absolute Gasteiger partial charge is 0.508 e. The molecule has 0 aliphatic heterocycles. The van der Waals surface area contributed by atoms with E-state index in [0.717, 1.165) is 26.4 Å². The van der Waals surface area contributed by atoms with Crippen molar-refractivity contribution in [3.63, 3.8) is 0 Å². The molecule has 5 heteroatoms. The second-order valence-electron chi connectivity index (χ2n) is 4.54. The minimum Gasteiger partial charge on any atom is -0.508 e. The minimum absolute atomic E-state index is 0.251. The van der Waals surface area contributed by atoms with Crippen LogP contribution in [0.1, 0.15) is 0 Å². The lowest BCUT2D eigenvalue weighted by Crippen LogP contribution is -1.79. The highest BCUT2D eigenvalue weighted by molar-refractivity contribution is 7.23. The standard InChI is InChI=1S/C15H9FN2OS/c16-10-3-1-9(2-4-10)12-8-18-13-6-5-11(19)7-14(13)20-15(18)17-12/h1-8,19H. The molecule has 2 aromatic carbocycles. The lowest BCUT2D eigenvalue weighted by molar-refractivity contribution is 0.476. The van der Waals surface area contributed by atoms with E-state index in [4.69, 9.17) is 0 Å². The van der Waals surface area contributed by atoms with Crippen molar-refractivity contribution >= 4 is 26.5 Å². The predicted molar refractivity (Wildman–Crippen MR) is 77.6 cm³/mol. The Bertz CT molecular complexity index is 924. The Hall–Kier alpha value is -2.40. The van der Waals surface area contributed by atoms with Crippen molar-refractivity contribution in [3.05, 3.63) is 54.5 Å². The maximum Gasteiger partial charge on any atom is 0.195 e. The van der Waals surface area contributed by atoms with Crippen LogP contribution in [0.5, 0.6) is 5.75 Å². The third-order valence-corrected chi connectivity index (χ3v) is 4.24. The molecule has 3 nitrogen and oxygen atoms in total. The van der Waals surface area contributed by atoms with Crippen molar-refractivity contribution in [3.8, 4) is 17.0 Å². The highest BCUT2D eigenvalue weighted by Crippen LogP contribution is 2.31. The van der Waals surface area contributed by atoms with E-state index >= 15 is 0 Å². The Kier molecular flexibility index (Phi) is 2.31. The summed E-state index contributed by atoms with van der Waals surface area (Å²) in [6, 6.07) is 11.5. The first-order valence-electron chi connectivity index (χ1n) is 6.07. The van der Waals surface area contributed by atoms with Gasteiger partial charge in [-0.1, -0.05) is 11.3 Å². The molecule has 20 heavy (non-hydrogen) atoms. The summed E-state index contributed by atoms with van der Waals surface area (Å²) < 4.78 is 15.9. The number of fused-ring (bicyclic) bond motifs is 3.